The minimum atomic E-state index is -0.326. The Morgan fingerprint density at radius 1 is 1.07 bits per heavy atom. The molecule has 0 bridgehead atoms. The molecule has 5 nitrogen and oxygen atoms in total. The van der Waals surface area contributed by atoms with Crippen LogP contribution in [0.3, 0.4) is 0 Å². The summed E-state index contributed by atoms with van der Waals surface area (Å²) in [7, 11) is 0. The van der Waals surface area contributed by atoms with Crippen LogP contribution in [0.25, 0.3) is 10.9 Å². The molecular formula is C21H27FN4O. The van der Waals surface area contributed by atoms with Crippen molar-refractivity contribution in [3.63, 3.8) is 0 Å². The van der Waals surface area contributed by atoms with Gasteiger partial charge in [0.25, 0.3) is 0 Å². The van der Waals surface area contributed by atoms with Gasteiger partial charge >= 0.3 is 0 Å². The molecule has 1 aliphatic carbocycles. The van der Waals surface area contributed by atoms with Crippen LogP contribution >= 0.6 is 0 Å². The lowest BCUT2D eigenvalue weighted by atomic mass is 9.86. The van der Waals surface area contributed by atoms with Gasteiger partial charge in [-0.3, -0.25) is 4.79 Å². The summed E-state index contributed by atoms with van der Waals surface area (Å²) in [4.78, 5) is 25.1. The Hall–Kier alpha value is -2.24. The third kappa shape index (κ3) is 4.04. The maximum Gasteiger partial charge on any atom is 0.222 e. The average molecular weight is 370 g/mol. The van der Waals surface area contributed by atoms with Gasteiger partial charge in [0.15, 0.2) is 0 Å². The number of carbonyl (C=O) groups excluding carboxylic acids is 1. The van der Waals surface area contributed by atoms with Crippen molar-refractivity contribution in [2.45, 2.75) is 44.9 Å². The van der Waals surface area contributed by atoms with Gasteiger partial charge in [0.1, 0.15) is 23.5 Å². The lowest BCUT2D eigenvalue weighted by Gasteiger charge is -2.36. The minimum absolute atomic E-state index is 0.277. The van der Waals surface area contributed by atoms with E-state index in [1.807, 2.05) is 11.0 Å². The quantitative estimate of drug-likeness (QED) is 0.822. The zero-order valence-electron chi connectivity index (χ0n) is 15.7. The van der Waals surface area contributed by atoms with Crippen LogP contribution in [0, 0.1) is 11.7 Å². The number of nitrogens with zero attached hydrogens (tertiary/aromatic N) is 4. The van der Waals surface area contributed by atoms with Gasteiger partial charge in [-0.05, 0) is 24.5 Å². The first-order chi connectivity index (χ1) is 13.2. The van der Waals surface area contributed by atoms with Crippen molar-refractivity contribution >= 4 is 22.6 Å². The summed E-state index contributed by atoms with van der Waals surface area (Å²) in [5.74, 6) is 1.45. The summed E-state index contributed by atoms with van der Waals surface area (Å²) >= 11 is 0. The molecule has 1 aliphatic heterocycles. The number of para-hydroxylation sites is 1. The third-order valence-electron chi connectivity index (χ3n) is 6.02. The van der Waals surface area contributed by atoms with Gasteiger partial charge in [0, 0.05) is 38.0 Å². The fraction of sp³-hybridized carbons (Fsp3) is 0.571. The number of carbonyl (C=O) groups is 1. The van der Waals surface area contributed by atoms with Crippen LogP contribution in [0.2, 0.25) is 0 Å². The van der Waals surface area contributed by atoms with Crippen LogP contribution < -0.4 is 4.90 Å². The molecule has 1 aromatic carbocycles. The molecule has 6 heteroatoms. The van der Waals surface area contributed by atoms with E-state index in [1.165, 1.54) is 44.5 Å². The lowest BCUT2D eigenvalue weighted by Crippen LogP contribution is -2.49. The highest BCUT2D eigenvalue weighted by atomic mass is 19.1. The lowest BCUT2D eigenvalue weighted by molar-refractivity contribution is -0.131. The first-order valence-corrected chi connectivity index (χ1v) is 10.1. The Balaban J connectivity index is 1.35. The topological polar surface area (TPSA) is 49.3 Å². The highest BCUT2D eigenvalue weighted by molar-refractivity contribution is 5.89. The Morgan fingerprint density at radius 2 is 1.85 bits per heavy atom. The van der Waals surface area contributed by atoms with E-state index in [0.29, 0.717) is 25.0 Å². The van der Waals surface area contributed by atoms with Crippen LogP contribution in [0.4, 0.5) is 10.2 Å². The monoisotopic (exact) mass is 370 g/mol. The highest BCUT2D eigenvalue weighted by Gasteiger charge is 2.24. The number of hydrogen-bond acceptors (Lipinski definition) is 4. The van der Waals surface area contributed by atoms with Gasteiger partial charge in [0.05, 0.1) is 0 Å². The third-order valence-corrected chi connectivity index (χ3v) is 6.02. The van der Waals surface area contributed by atoms with E-state index >= 15 is 0 Å². The SMILES string of the molecule is O=C(CCC1CCCCC1)N1CCN(c2ncnc3c(F)cccc23)CC1. The number of benzene rings is 1. The average Bonchev–Trinajstić information content (AvgIpc) is 2.73. The molecule has 0 atom stereocenters. The largest absolute Gasteiger partial charge is 0.352 e. The number of amides is 1. The predicted octanol–water partition coefficient (Wildman–Crippen LogP) is 3.78. The number of halogens is 1. The second-order valence-corrected chi connectivity index (χ2v) is 7.74. The molecule has 1 saturated heterocycles. The molecule has 0 unspecified atom stereocenters. The Labute approximate surface area is 159 Å². The molecule has 2 aliphatic rings. The van der Waals surface area contributed by atoms with Crippen molar-refractivity contribution in [3.8, 4) is 0 Å². The zero-order valence-corrected chi connectivity index (χ0v) is 15.7. The molecular weight excluding hydrogens is 343 g/mol. The van der Waals surface area contributed by atoms with E-state index in [4.69, 9.17) is 0 Å². The molecule has 1 amide bonds. The fourth-order valence-corrected chi connectivity index (χ4v) is 4.42. The first kappa shape index (κ1) is 18.1. The summed E-state index contributed by atoms with van der Waals surface area (Å²) in [6.07, 6.45) is 9.71. The second kappa shape index (κ2) is 8.19. The number of rotatable bonds is 4. The zero-order chi connectivity index (χ0) is 18.6. The highest BCUT2D eigenvalue weighted by Crippen LogP contribution is 2.28. The molecule has 0 N–H and O–H groups in total. The molecule has 2 fully saturated rings. The van der Waals surface area contributed by atoms with Crippen molar-refractivity contribution in [1.29, 1.82) is 0 Å². The Bertz CT molecular complexity index is 798. The Morgan fingerprint density at radius 3 is 2.63 bits per heavy atom. The summed E-state index contributed by atoms with van der Waals surface area (Å²) in [5, 5.41) is 0.731. The second-order valence-electron chi connectivity index (χ2n) is 7.74. The van der Waals surface area contributed by atoms with Crippen molar-refractivity contribution in [1.82, 2.24) is 14.9 Å². The molecule has 1 aromatic heterocycles. The summed E-state index contributed by atoms with van der Waals surface area (Å²) in [6.45, 7) is 2.84. The van der Waals surface area contributed by atoms with Crippen molar-refractivity contribution in [2.75, 3.05) is 31.1 Å². The summed E-state index contributed by atoms with van der Waals surface area (Å²) in [6, 6.07) is 4.97. The van der Waals surface area contributed by atoms with Gasteiger partial charge in [-0.15, -0.1) is 0 Å². The number of fused-ring (bicyclic) bond motifs is 1. The number of aromatic nitrogens is 2. The number of piperazine rings is 1. The maximum atomic E-state index is 14.0. The molecule has 0 radical (unpaired) electrons. The molecule has 4 rings (SSSR count). The number of anilines is 1. The van der Waals surface area contributed by atoms with Gasteiger partial charge in [-0.25, -0.2) is 14.4 Å². The van der Waals surface area contributed by atoms with Crippen LogP contribution in [0.5, 0.6) is 0 Å². The minimum Gasteiger partial charge on any atom is -0.352 e. The standard InChI is InChI=1S/C21H27FN4O/c22-18-8-4-7-17-20(18)23-15-24-21(17)26-13-11-25(12-14-26)19(27)10-9-16-5-2-1-3-6-16/h4,7-8,15-16H,1-3,5-6,9-14H2. The maximum absolute atomic E-state index is 14.0. The molecule has 0 spiro atoms. The van der Waals surface area contributed by atoms with Crippen LogP contribution in [0.1, 0.15) is 44.9 Å². The van der Waals surface area contributed by atoms with E-state index < -0.39 is 0 Å². The van der Waals surface area contributed by atoms with Gasteiger partial charge < -0.3 is 9.80 Å². The Kier molecular flexibility index (Phi) is 5.50. The van der Waals surface area contributed by atoms with Crippen molar-refractivity contribution in [2.24, 2.45) is 5.92 Å². The van der Waals surface area contributed by atoms with E-state index in [1.54, 1.807) is 6.07 Å². The van der Waals surface area contributed by atoms with Crippen LogP contribution in [0.15, 0.2) is 24.5 Å². The predicted molar refractivity (Wildman–Crippen MR) is 104 cm³/mol. The van der Waals surface area contributed by atoms with E-state index in [2.05, 4.69) is 14.9 Å². The van der Waals surface area contributed by atoms with Crippen molar-refractivity contribution < 1.29 is 9.18 Å². The molecule has 2 heterocycles. The normalized spacial score (nSPS) is 18.9. The fourth-order valence-electron chi connectivity index (χ4n) is 4.42. The van der Waals surface area contributed by atoms with Gasteiger partial charge in [0.2, 0.25) is 5.91 Å². The van der Waals surface area contributed by atoms with Crippen LogP contribution in [-0.4, -0.2) is 47.0 Å². The molecule has 2 aromatic rings. The van der Waals surface area contributed by atoms with Gasteiger partial charge in [-0.1, -0.05) is 38.2 Å². The molecule has 144 valence electrons. The van der Waals surface area contributed by atoms with Gasteiger partial charge in [-0.2, -0.15) is 0 Å². The molecule has 1 saturated carbocycles. The number of hydrogen-bond donors (Lipinski definition) is 0. The van der Waals surface area contributed by atoms with E-state index in [-0.39, 0.29) is 11.7 Å². The van der Waals surface area contributed by atoms with E-state index in [0.717, 1.165) is 36.6 Å². The van der Waals surface area contributed by atoms with E-state index in [9.17, 15) is 9.18 Å². The summed E-state index contributed by atoms with van der Waals surface area (Å²) < 4.78 is 14.0. The van der Waals surface area contributed by atoms with Crippen LogP contribution in [-0.2, 0) is 4.79 Å². The van der Waals surface area contributed by atoms with Crippen molar-refractivity contribution in [3.05, 3.63) is 30.3 Å². The summed E-state index contributed by atoms with van der Waals surface area (Å²) in [5.41, 5.74) is 0.355. The first-order valence-electron chi connectivity index (χ1n) is 10.1. The smallest absolute Gasteiger partial charge is 0.222 e. The molecule has 27 heavy (non-hydrogen) atoms.